The van der Waals surface area contributed by atoms with Crippen LogP contribution in [0.1, 0.15) is 181 Å². The van der Waals surface area contributed by atoms with Crippen LogP contribution >= 0.6 is 7.82 Å². The molecule has 0 aliphatic carbocycles. The van der Waals surface area contributed by atoms with Crippen molar-refractivity contribution in [3.05, 3.63) is 85.1 Å². The van der Waals surface area contributed by atoms with Gasteiger partial charge >= 0.3 is 19.8 Å². The summed E-state index contributed by atoms with van der Waals surface area (Å²) in [4.78, 5) is 34.9. The molecular weight excluding hydrogens is 762 g/mol. The number of ether oxygens (including phenoxy) is 2. The van der Waals surface area contributed by atoms with E-state index in [2.05, 4.69) is 92.8 Å². The third-order valence-corrected chi connectivity index (χ3v) is 10.2. The van der Waals surface area contributed by atoms with E-state index in [9.17, 15) is 19.0 Å². The van der Waals surface area contributed by atoms with Crippen LogP contribution < -0.4 is 5.73 Å². The molecule has 0 aromatic heterocycles. The molecule has 0 rings (SSSR count). The Bertz CT molecular complexity index is 1240. The van der Waals surface area contributed by atoms with Gasteiger partial charge < -0.3 is 20.1 Å². The van der Waals surface area contributed by atoms with Crippen LogP contribution in [0.25, 0.3) is 0 Å². The third kappa shape index (κ3) is 44.6. The Morgan fingerprint density at radius 2 is 0.898 bits per heavy atom. The zero-order chi connectivity index (χ0) is 43.2. The molecule has 59 heavy (non-hydrogen) atoms. The van der Waals surface area contributed by atoms with Gasteiger partial charge in [-0.3, -0.25) is 18.6 Å². The lowest BCUT2D eigenvalue weighted by Gasteiger charge is -2.19. The zero-order valence-electron chi connectivity index (χ0n) is 37.2. The van der Waals surface area contributed by atoms with Crippen molar-refractivity contribution in [1.29, 1.82) is 0 Å². The van der Waals surface area contributed by atoms with E-state index < -0.39 is 32.5 Å². The molecule has 0 saturated carbocycles. The average molecular weight is 846 g/mol. The number of rotatable bonds is 42. The number of hydrogen-bond acceptors (Lipinski definition) is 8. The van der Waals surface area contributed by atoms with Crippen LogP contribution in [-0.4, -0.2) is 49.3 Å². The Balaban J connectivity index is 4.28. The Labute approximate surface area is 360 Å². The van der Waals surface area contributed by atoms with Crippen molar-refractivity contribution in [3.63, 3.8) is 0 Å². The first-order valence-electron chi connectivity index (χ1n) is 23.1. The van der Waals surface area contributed by atoms with Crippen molar-refractivity contribution >= 4 is 19.8 Å². The molecule has 1 unspecified atom stereocenters. The average Bonchev–Trinajstić information content (AvgIpc) is 3.22. The largest absolute Gasteiger partial charge is 0.472 e. The van der Waals surface area contributed by atoms with Crippen LogP contribution in [0.5, 0.6) is 0 Å². The molecule has 0 saturated heterocycles. The standard InChI is InChI=1S/C49H84NO8P/c1-3-5-7-9-11-13-15-17-19-21-22-23-24-26-28-30-32-34-36-38-40-42-49(52)58-47(46-57-59(53,54)56-44-43-50)45-55-48(51)41-39-37-35-33-31-29-27-25-20-18-16-14-12-10-8-6-4-2/h12,14,18-21,23-24,27-30,34,36,47H,3-11,13,15-17,22,25-26,31-33,35,37-46,50H2,1-2H3,(H,53,54)/b14-12+,20-18+,21-19+,24-23+,29-27+,30-28+,36-34+/t47-/m1/s1. The molecule has 0 radical (unpaired) electrons. The highest BCUT2D eigenvalue weighted by atomic mass is 31.2. The topological polar surface area (TPSA) is 134 Å². The second kappa shape index (κ2) is 44.7. The number of carbonyl (C=O) groups excluding carboxylic acids is 2. The van der Waals surface area contributed by atoms with Gasteiger partial charge in [-0.05, 0) is 89.9 Å². The summed E-state index contributed by atoms with van der Waals surface area (Å²) in [6, 6.07) is 0. The van der Waals surface area contributed by atoms with Gasteiger partial charge in [0.25, 0.3) is 0 Å². The molecule has 0 aromatic rings. The number of nitrogens with two attached hydrogens (primary N) is 1. The molecule has 2 atom stereocenters. The summed E-state index contributed by atoms with van der Waals surface area (Å²) in [5.74, 6) is -0.926. The summed E-state index contributed by atoms with van der Waals surface area (Å²) in [5.41, 5.74) is 5.35. The predicted octanol–water partition coefficient (Wildman–Crippen LogP) is 13.6. The van der Waals surface area contributed by atoms with Gasteiger partial charge in [0.05, 0.1) is 13.2 Å². The van der Waals surface area contributed by atoms with Gasteiger partial charge in [0.1, 0.15) is 6.61 Å². The minimum absolute atomic E-state index is 0.0371. The first-order chi connectivity index (χ1) is 28.8. The highest BCUT2D eigenvalue weighted by Gasteiger charge is 2.25. The fourth-order valence-electron chi connectivity index (χ4n) is 5.81. The maximum Gasteiger partial charge on any atom is 0.472 e. The first-order valence-corrected chi connectivity index (χ1v) is 24.6. The molecule has 338 valence electrons. The SMILES string of the molecule is CCCCC/C=C/C/C=C/C/C=C/CCCCCCC(=O)OC[C@H](COP(=O)(O)OCCN)OC(=O)CCC/C=C/C/C=C/C/C=C/C/C=C/CCCCCCCCC. The Morgan fingerprint density at radius 1 is 0.508 bits per heavy atom. The van der Waals surface area contributed by atoms with Crippen molar-refractivity contribution in [1.82, 2.24) is 0 Å². The van der Waals surface area contributed by atoms with Gasteiger partial charge in [-0.15, -0.1) is 0 Å². The van der Waals surface area contributed by atoms with E-state index in [1.807, 2.05) is 6.08 Å². The van der Waals surface area contributed by atoms with Gasteiger partial charge in [0.2, 0.25) is 0 Å². The number of phosphoric ester groups is 1. The zero-order valence-corrected chi connectivity index (χ0v) is 38.1. The number of unbranched alkanes of at least 4 members (excludes halogenated alkanes) is 15. The van der Waals surface area contributed by atoms with Crippen molar-refractivity contribution in [2.45, 2.75) is 187 Å². The minimum Gasteiger partial charge on any atom is -0.462 e. The van der Waals surface area contributed by atoms with E-state index in [-0.39, 0.29) is 32.6 Å². The molecule has 9 nitrogen and oxygen atoms in total. The molecule has 0 spiro atoms. The molecule has 0 aromatic carbocycles. The molecule has 0 aliphatic heterocycles. The molecule has 0 heterocycles. The second-order valence-electron chi connectivity index (χ2n) is 14.9. The Kier molecular flexibility index (Phi) is 42.6. The lowest BCUT2D eigenvalue weighted by Crippen LogP contribution is -2.29. The number of allylic oxidation sites excluding steroid dienone is 14. The summed E-state index contributed by atoms with van der Waals surface area (Å²) < 4.78 is 32.7. The number of esters is 2. The van der Waals surface area contributed by atoms with Crippen molar-refractivity contribution in [3.8, 4) is 0 Å². The maximum atomic E-state index is 12.6. The number of carbonyl (C=O) groups is 2. The van der Waals surface area contributed by atoms with Crippen LogP contribution in [0.4, 0.5) is 0 Å². The van der Waals surface area contributed by atoms with E-state index >= 15 is 0 Å². The van der Waals surface area contributed by atoms with Gasteiger partial charge in [-0.2, -0.15) is 0 Å². The van der Waals surface area contributed by atoms with Crippen molar-refractivity contribution in [2.75, 3.05) is 26.4 Å². The number of hydrogen-bond donors (Lipinski definition) is 2. The summed E-state index contributed by atoms with van der Waals surface area (Å²) in [7, 11) is -4.40. The van der Waals surface area contributed by atoms with Gasteiger partial charge in [-0.25, -0.2) is 4.57 Å². The van der Waals surface area contributed by atoms with Gasteiger partial charge in [-0.1, -0.05) is 163 Å². The molecule has 0 aliphatic rings. The van der Waals surface area contributed by atoms with Crippen LogP contribution in [0.15, 0.2) is 85.1 Å². The van der Waals surface area contributed by atoms with Crippen molar-refractivity contribution in [2.24, 2.45) is 5.73 Å². The van der Waals surface area contributed by atoms with Crippen LogP contribution in [0.2, 0.25) is 0 Å². The highest BCUT2D eigenvalue weighted by Crippen LogP contribution is 2.43. The van der Waals surface area contributed by atoms with E-state index in [1.165, 1.54) is 77.0 Å². The molecule has 0 fully saturated rings. The van der Waals surface area contributed by atoms with Crippen LogP contribution in [0, 0.1) is 0 Å². The fourth-order valence-corrected chi connectivity index (χ4v) is 6.57. The van der Waals surface area contributed by atoms with E-state index in [0.29, 0.717) is 19.3 Å². The lowest BCUT2D eigenvalue weighted by molar-refractivity contribution is -0.161. The van der Waals surface area contributed by atoms with Crippen molar-refractivity contribution < 1.29 is 37.6 Å². The predicted molar refractivity (Wildman–Crippen MR) is 247 cm³/mol. The molecule has 0 amide bonds. The Morgan fingerprint density at radius 3 is 1.39 bits per heavy atom. The van der Waals surface area contributed by atoms with Gasteiger partial charge in [0, 0.05) is 19.4 Å². The highest BCUT2D eigenvalue weighted by molar-refractivity contribution is 7.47. The van der Waals surface area contributed by atoms with Gasteiger partial charge in [0.15, 0.2) is 6.10 Å². The normalized spacial score (nSPS) is 14.0. The molecule has 0 bridgehead atoms. The molecule has 3 N–H and O–H groups in total. The smallest absolute Gasteiger partial charge is 0.462 e. The summed E-state index contributed by atoms with van der Waals surface area (Å²) in [5, 5.41) is 0. The lowest BCUT2D eigenvalue weighted by atomic mass is 10.1. The Hall–Kier alpha value is -2.81. The third-order valence-electron chi connectivity index (χ3n) is 9.25. The fraction of sp³-hybridized carbons (Fsp3) is 0.673. The monoisotopic (exact) mass is 846 g/mol. The maximum absolute atomic E-state index is 12.6. The van der Waals surface area contributed by atoms with Crippen LogP contribution in [-0.2, 0) is 32.7 Å². The summed E-state index contributed by atoms with van der Waals surface area (Å²) in [6.07, 6.45) is 56.2. The van der Waals surface area contributed by atoms with Crippen LogP contribution in [0.3, 0.4) is 0 Å². The molecular formula is C49H84NO8P. The quantitative estimate of drug-likeness (QED) is 0.0266. The summed E-state index contributed by atoms with van der Waals surface area (Å²) >= 11 is 0. The number of phosphoric acid groups is 1. The van der Waals surface area contributed by atoms with E-state index in [4.69, 9.17) is 24.3 Å². The van der Waals surface area contributed by atoms with E-state index in [0.717, 1.165) is 57.8 Å². The summed E-state index contributed by atoms with van der Waals surface area (Å²) in [6.45, 7) is 3.60. The first kappa shape index (κ1) is 56.2. The van der Waals surface area contributed by atoms with E-state index in [1.54, 1.807) is 0 Å². The minimum atomic E-state index is -4.40. The second-order valence-corrected chi connectivity index (χ2v) is 16.4. The molecule has 10 heteroatoms.